The SMILES string of the molecule is CN1CCCC1COc1cc(N)cc(CF)c1. The molecule has 0 aromatic heterocycles. The van der Waals surface area contributed by atoms with Crippen molar-refractivity contribution >= 4 is 5.69 Å². The molecule has 3 nitrogen and oxygen atoms in total. The second-order valence-corrected chi connectivity index (χ2v) is 4.63. The van der Waals surface area contributed by atoms with Crippen LogP contribution < -0.4 is 10.5 Å². The second-order valence-electron chi connectivity index (χ2n) is 4.63. The Labute approximate surface area is 101 Å². The number of benzene rings is 1. The van der Waals surface area contributed by atoms with Gasteiger partial charge in [0.05, 0.1) is 0 Å². The molecule has 1 aliphatic heterocycles. The van der Waals surface area contributed by atoms with Crippen molar-refractivity contribution in [1.29, 1.82) is 0 Å². The van der Waals surface area contributed by atoms with E-state index < -0.39 is 6.67 Å². The number of anilines is 1. The van der Waals surface area contributed by atoms with Gasteiger partial charge in [-0.1, -0.05) is 0 Å². The van der Waals surface area contributed by atoms with Gasteiger partial charge in [0.15, 0.2) is 0 Å². The summed E-state index contributed by atoms with van der Waals surface area (Å²) in [5.74, 6) is 0.665. The van der Waals surface area contributed by atoms with Crippen LogP contribution in [0.4, 0.5) is 10.1 Å². The lowest BCUT2D eigenvalue weighted by molar-refractivity contribution is 0.198. The topological polar surface area (TPSA) is 38.5 Å². The van der Waals surface area contributed by atoms with Gasteiger partial charge < -0.3 is 15.4 Å². The molecule has 0 radical (unpaired) electrons. The first kappa shape index (κ1) is 12.2. The molecule has 2 rings (SSSR count). The summed E-state index contributed by atoms with van der Waals surface area (Å²) in [4.78, 5) is 2.29. The standard InChI is InChI=1S/C13H19FN2O/c1-16-4-2-3-12(16)9-17-13-6-10(8-14)5-11(15)7-13/h5-7,12H,2-4,8-9,15H2,1H3. The van der Waals surface area contributed by atoms with Gasteiger partial charge in [-0.25, -0.2) is 4.39 Å². The van der Waals surface area contributed by atoms with Crippen LogP contribution in [0.25, 0.3) is 0 Å². The number of nitrogens with two attached hydrogens (primary N) is 1. The van der Waals surface area contributed by atoms with Gasteiger partial charge in [-0.2, -0.15) is 0 Å². The molecule has 1 atom stereocenters. The zero-order valence-electron chi connectivity index (χ0n) is 10.2. The van der Waals surface area contributed by atoms with Crippen molar-refractivity contribution in [2.45, 2.75) is 25.6 Å². The Bertz CT molecular complexity index is 384. The molecule has 0 spiro atoms. The molecule has 94 valence electrons. The predicted octanol–water partition coefficient (Wildman–Crippen LogP) is 2.21. The quantitative estimate of drug-likeness (QED) is 0.817. The zero-order valence-corrected chi connectivity index (χ0v) is 10.2. The third-order valence-corrected chi connectivity index (χ3v) is 3.26. The number of hydrogen-bond acceptors (Lipinski definition) is 3. The molecule has 0 saturated carbocycles. The van der Waals surface area contributed by atoms with Gasteiger partial charge >= 0.3 is 0 Å². The van der Waals surface area contributed by atoms with Crippen molar-refractivity contribution in [3.05, 3.63) is 23.8 Å². The fraction of sp³-hybridized carbons (Fsp3) is 0.538. The van der Waals surface area contributed by atoms with Crippen molar-refractivity contribution in [2.75, 3.05) is 25.9 Å². The number of nitrogen functional groups attached to an aromatic ring is 1. The third-order valence-electron chi connectivity index (χ3n) is 3.26. The molecule has 0 bridgehead atoms. The van der Waals surface area contributed by atoms with Gasteiger partial charge in [-0.15, -0.1) is 0 Å². The Kier molecular flexibility index (Phi) is 3.84. The van der Waals surface area contributed by atoms with Gasteiger partial charge in [-0.3, -0.25) is 0 Å². The summed E-state index contributed by atoms with van der Waals surface area (Å²) in [7, 11) is 2.10. The van der Waals surface area contributed by atoms with Crippen LogP contribution in [0.5, 0.6) is 5.75 Å². The Morgan fingerprint density at radius 1 is 1.47 bits per heavy atom. The lowest BCUT2D eigenvalue weighted by Gasteiger charge is -2.20. The minimum absolute atomic E-state index is 0.463. The normalized spacial score (nSPS) is 20.7. The maximum absolute atomic E-state index is 12.6. The summed E-state index contributed by atoms with van der Waals surface area (Å²) in [6, 6.07) is 5.55. The molecule has 1 heterocycles. The average molecular weight is 238 g/mol. The summed E-state index contributed by atoms with van der Waals surface area (Å²) in [5.41, 5.74) is 6.81. The molecule has 4 heteroatoms. The van der Waals surface area contributed by atoms with Crippen LogP contribution in [-0.4, -0.2) is 31.1 Å². The fourth-order valence-electron chi connectivity index (χ4n) is 2.23. The first-order valence-electron chi connectivity index (χ1n) is 5.97. The Hall–Kier alpha value is -1.29. The highest BCUT2D eigenvalue weighted by atomic mass is 19.1. The second kappa shape index (κ2) is 5.36. The summed E-state index contributed by atoms with van der Waals surface area (Å²) in [6.07, 6.45) is 2.38. The van der Waals surface area contributed by atoms with E-state index in [1.54, 1.807) is 18.2 Å². The average Bonchev–Trinajstić information content (AvgIpc) is 2.71. The smallest absolute Gasteiger partial charge is 0.121 e. The van der Waals surface area contributed by atoms with E-state index >= 15 is 0 Å². The van der Waals surface area contributed by atoms with E-state index in [0.29, 0.717) is 29.6 Å². The van der Waals surface area contributed by atoms with Crippen molar-refractivity contribution < 1.29 is 9.13 Å². The number of likely N-dealkylation sites (tertiary alicyclic amines) is 1. The number of halogens is 1. The lowest BCUT2D eigenvalue weighted by Crippen LogP contribution is -2.30. The number of likely N-dealkylation sites (N-methyl/N-ethyl adjacent to an activating group) is 1. The minimum Gasteiger partial charge on any atom is -0.492 e. The molecule has 17 heavy (non-hydrogen) atoms. The van der Waals surface area contributed by atoms with E-state index in [1.165, 1.54) is 6.42 Å². The number of rotatable bonds is 4. The van der Waals surface area contributed by atoms with Gasteiger partial charge in [0, 0.05) is 17.8 Å². The van der Waals surface area contributed by atoms with Crippen molar-refractivity contribution in [3.8, 4) is 5.75 Å². The van der Waals surface area contributed by atoms with Crippen LogP contribution in [0.2, 0.25) is 0 Å². The Morgan fingerprint density at radius 3 is 2.94 bits per heavy atom. The molecule has 1 aromatic carbocycles. The predicted molar refractivity (Wildman–Crippen MR) is 66.8 cm³/mol. The van der Waals surface area contributed by atoms with Crippen molar-refractivity contribution in [3.63, 3.8) is 0 Å². The molecule has 1 unspecified atom stereocenters. The van der Waals surface area contributed by atoms with E-state index in [1.807, 2.05) is 0 Å². The highest BCUT2D eigenvalue weighted by Gasteiger charge is 2.21. The van der Waals surface area contributed by atoms with E-state index in [-0.39, 0.29) is 0 Å². The summed E-state index contributed by atoms with van der Waals surface area (Å²) in [6.45, 7) is 1.26. The van der Waals surface area contributed by atoms with Gasteiger partial charge in [-0.05, 0) is 44.1 Å². The van der Waals surface area contributed by atoms with Crippen molar-refractivity contribution in [1.82, 2.24) is 4.90 Å². The summed E-state index contributed by atoms with van der Waals surface area (Å²) in [5, 5.41) is 0. The summed E-state index contributed by atoms with van der Waals surface area (Å²) >= 11 is 0. The van der Waals surface area contributed by atoms with Gasteiger partial charge in [0.1, 0.15) is 19.0 Å². The first-order chi connectivity index (χ1) is 8.19. The maximum atomic E-state index is 12.6. The molecule has 1 aliphatic rings. The number of nitrogens with zero attached hydrogens (tertiary/aromatic N) is 1. The molecular formula is C13H19FN2O. The number of hydrogen-bond donors (Lipinski definition) is 1. The van der Waals surface area contributed by atoms with E-state index in [4.69, 9.17) is 10.5 Å². The van der Waals surface area contributed by atoms with Gasteiger partial charge in [0.2, 0.25) is 0 Å². The number of ether oxygens (including phenoxy) is 1. The third kappa shape index (κ3) is 3.09. The Balaban J connectivity index is 1.96. The van der Waals surface area contributed by atoms with Crippen LogP contribution in [0, 0.1) is 0 Å². The van der Waals surface area contributed by atoms with E-state index in [9.17, 15) is 4.39 Å². The van der Waals surface area contributed by atoms with Crippen LogP contribution in [0.3, 0.4) is 0 Å². The van der Waals surface area contributed by atoms with E-state index in [2.05, 4.69) is 11.9 Å². The molecular weight excluding hydrogens is 219 g/mol. The van der Waals surface area contributed by atoms with Crippen molar-refractivity contribution in [2.24, 2.45) is 0 Å². The zero-order chi connectivity index (χ0) is 12.3. The minimum atomic E-state index is -0.509. The van der Waals surface area contributed by atoms with Gasteiger partial charge in [0.25, 0.3) is 0 Å². The number of alkyl halides is 1. The molecule has 1 aromatic rings. The fourth-order valence-corrected chi connectivity index (χ4v) is 2.23. The van der Waals surface area contributed by atoms with Crippen LogP contribution in [-0.2, 0) is 6.67 Å². The molecule has 1 saturated heterocycles. The molecule has 1 fully saturated rings. The Morgan fingerprint density at radius 2 is 2.29 bits per heavy atom. The molecule has 0 aliphatic carbocycles. The van der Waals surface area contributed by atoms with Crippen LogP contribution in [0.1, 0.15) is 18.4 Å². The monoisotopic (exact) mass is 238 g/mol. The van der Waals surface area contributed by atoms with Crippen LogP contribution >= 0.6 is 0 Å². The largest absolute Gasteiger partial charge is 0.492 e. The highest BCUT2D eigenvalue weighted by Crippen LogP contribution is 2.21. The summed E-state index contributed by atoms with van der Waals surface area (Å²) < 4.78 is 18.3. The van der Waals surface area contributed by atoms with E-state index in [0.717, 1.165) is 13.0 Å². The molecule has 0 amide bonds. The van der Waals surface area contributed by atoms with Crippen LogP contribution in [0.15, 0.2) is 18.2 Å². The lowest BCUT2D eigenvalue weighted by atomic mass is 10.2. The highest BCUT2D eigenvalue weighted by molar-refractivity contribution is 5.47. The maximum Gasteiger partial charge on any atom is 0.121 e. The first-order valence-corrected chi connectivity index (χ1v) is 5.97. The molecule has 2 N–H and O–H groups in total.